The zero-order valence-electron chi connectivity index (χ0n) is 34.0. The molecule has 7 rings (SSSR count). The number of allylic oxidation sites excluding steroid dienone is 1. The Morgan fingerprint density at radius 1 is 1.09 bits per heavy atom. The molecule has 7 atom stereocenters. The fourth-order valence-corrected chi connectivity index (χ4v) is 9.72. The number of aryl methyl sites for hydroxylation is 1. The van der Waals surface area contributed by atoms with Crippen LogP contribution in [0.3, 0.4) is 0 Å². The number of ether oxygens (including phenoxy) is 4. The topological polar surface area (TPSA) is 132 Å². The summed E-state index contributed by atoms with van der Waals surface area (Å²) in [7, 11) is 0. The number of unbranched alkanes of at least 4 members (excludes halogenated alkanes) is 2. The van der Waals surface area contributed by atoms with E-state index in [-0.39, 0.29) is 55.3 Å². The van der Waals surface area contributed by atoms with E-state index in [1.165, 1.54) is 0 Å². The quantitative estimate of drug-likeness (QED) is 0.0785. The van der Waals surface area contributed by atoms with Crippen molar-refractivity contribution in [1.29, 1.82) is 0 Å². The van der Waals surface area contributed by atoms with Gasteiger partial charge in [-0.1, -0.05) is 43.1 Å². The van der Waals surface area contributed by atoms with E-state index < -0.39 is 18.1 Å². The number of carbonyl (C=O) groups is 1. The second-order valence-electron chi connectivity index (χ2n) is 16.5. The minimum absolute atomic E-state index is 0.0000141. The molecular weight excluding hydrogens is 723 g/mol. The summed E-state index contributed by atoms with van der Waals surface area (Å²) in [5.74, 6) is 0.132. The van der Waals surface area contributed by atoms with Gasteiger partial charge in [0, 0.05) is 55.7 Å². The molecule has 0 bridgehead atoms. The number of carbonyl (C=O) groups excluding carboxylic acids is 1. The van der Waals surface area contributed by atoms with Crippen molar-refractivity contribution in [2.24, 2.45) is 28.8 Å². The van der Waals surface area contributed by atoms with Crippen molar-refractivity contribution < 1.29 is 38.8 Å². The number of hydrogen-bond donors (Lipinski definition) is 2. The molecule has 2 saturated carbocycles. The molecule has 3 heterocycles. The highest BCUT2D eigenvalue weighted by molar-refractivity contribution is 6.03. The van der Waals surface area contributed by atoms with Crippen LogP contribution in [0.5, 0.6) is 11.5 Å². The SMILES string of the molecule is C=CCO[C@@]12Oc3ccc(OCc4cccc(C)n4)cc3[C@H]3[C@H](CCCCO)[C@@H](CCCCO)C=C(C(=NOC4CCCCO4)C[C@@H]1N(CCC)C(=O)C1CC1)[C@H]32. The lowest BCUT2D eigenvalue weighted by atomic mass is 9.55. The van der Waals surface area contributed by atoms with Crippen LogP contribution in [0.4, 0.5) is 0 Å². The van der Waals surface area contributed by atoms with Gasteiger partial charge in [-0.3, -0.25) is 9.78 Å². The van der Waals surface area contributed by atoms with Crippen LogP contribution in [0.2, 0.25) is 0 Å². The number of hydrogen-bond acceptors (Lipinski definition) is 10. The van der Waals surface area contributed by atoms with Crippen molar-refractivity contribution in [3.05, 3.63) is 77.7 Å². The molecule has 2 aliphatic heterocycles. The molecule has 2 N–H and O–H groups in total. The van der Waals surface area contributed by atoms with Gasteiger partial charge in [-0.15, -0.1) is 6.58 Å². The average Bonchev–Trinajstić information content (AvgIpc) is 4.08. The molecule has 3 aliphatic carbocycles. The van der Waals surface area contributed by atoms with Gasteiger partial charge in [-0.25, -0.2) is 0 Å². The molecule has 11 heteroatoms. The van der Waals surface area contributed by atoms with E-state index in [2.05, 4.69) is 30.6 Å². The van der Waals surface area contributed by atoms with Gasteiger partial charge in [0.25, 0.3) is 0 Å². The minimum atomic E-state index is -1.25. The van der Waals surface area contributed by atoms with Crippen LogP contribution in [0.25, 0.3) is 0 Å². The summed E-state index contributed by atoms with van der Waals surface area (Å²) in [6.07, 6.45) is 14.4. The van der Waals surface area contributed by atoms with E-state index >= 15 is 0 Å². The number of oxime groups is 1. The highest BCUT2D eigenvalue weighted by Gasteiger charge is 2.65. The Kier molecular flexibility index (Phi) is 14.0. The van der Waals surface area contributed by atoms with Crippen molar-refractivity contribution in [2.75, 3.05) is 33.0 Å². The number of aliphatic hydroxyl groups is 2. The molecule has 310 valence electrons. The highest BCUT2D eigenvalue weighted by atomic mass is 16.8. The van der Waals surface area contributed by atoms with Crippen LogP contribution in [0.1, 0.15) is 113 Å². The van der Waals surface area contributed by atoms with Crippen LogP contribution >= 0.6 is 0 Å². The number of aromatic nitrogens is 1. The first-order chi connectivity index (χ1) is 27.9. The molecule has 1 unspecified atom stereocenters. The zero-order chi connectivity index (χ0) is 39.8. The Morgan fingerprint density at radius 3 is 2.63 bits per heavy atom. The summed E-state index contributed by atoms with van der Waals surface area (Å²) in [5, 5.41) is 24.8. The third-order valence-electron chi connectivity index (χ3n) is 12.4. The predicted octanol–water partition coefficient (Wildman–Crippen LogP) is 7.78. The summed E-state index contributed by atoms with van der Waals surface area (Å²) in [4.78, 5) is 27.4. The van der Waals surface area contributed by atoms with Crippen LogP contribution in [0.15, 0.2) is 65.9 Å². The number of nitrogens with zero attached hydrogens (tertiary/aromatic N) is 3. The second-order valence-corrected chi connectivity index (χ2v) is 16.5. The molecule has 0 radical (unpaired) electrons. The molecular formula is C46H63N3O8. The van der Waals surface area contributed by atoms with Crippen molar-refractivity contribution in [1.82, 2.24) is 9.88 Å². The van der Waals surface area contributed by atoms with Gasteiger partial charge in [-0.05, 0) is 112 Å². The summed E-state index contributed by atoms with van der Waals surface area (Å²) in [6, 6.07) is 11.5. The molecule has 2 aromatic rings. The van der Waals surface area contributed by atoms with Crippen LogP contribution in [-0.4, -0.2) is 82.8 Å². The number of fused-ring (bicyclic) bond motifs is 2. The second kappa shape index (κ2) is 19.3. The van der Waals surface area contributed by atoms with Crippen molar-refractivity contribution >= 4 is 11.6 Å². The van der Waals surface area contributed by atoms with Crippen LogP contribution < -0.4 is 9.47 Å². The summed E-state index contributed by atoms with van der Waals surface area (Å²) in [5.41, 5.74) is 4.65. The third-order valence-corrected chi connectivity index (χ3v) is 12.4. The molecule has 1 aromatic heterocycles. The Hall–Kier alpha value is -3.77. The van der Waals surface area contributed by atoms with E-state index in [0.29, 0.717) is 39.0 Å². The number of amides is 1. The maximum atomic E-state index is 14.4. The van der Waals surface area contributed by atoms with Crippen LogP contribution in [-0.2, 0) is 25.7 Å². The highest BCUT2D eigenvalue weighted by Crippen LogP contribution is 2.62. The van der Waals surface area contributed by atoms with Crippen LogP contribution in [0, 0.1) is 30.6 Å². The fourth-order valence-electron chi connectivity index (χ4n) is 9.72. The van der Waals surface area contributed by atoms with Gasteiger partial charge in [0.2, 0.25) is 18.0 Å². The van der Waals surface area contributed by atoms with Crippen molar-refractivity contribution in [3.63, 3.8) is 0 Å². The zero-order valence-corrected chi connectivity index (χ0v) is 34.0. The predicted molar refractivity (Wildman–Crippen MR) is 218 cm³/mol. The van der Waals surface area contributed by atoms with Gasteiger partial charge in [0.1, 0.15) is 24.1 Å². The molecule has 0 spiro atoms. The summed E-state index contributed by atoms with van der Waals surface area (Å²) >= 11 is 0. The first-order valence-electron chi connectivity index (χ1n) is 21.6. The van der Waals surface area contributed by atoms with Gasteiger partial charge < -0.3 is 38.9 Å². The van der Waals surface area contributed by atoms with E-state index in [0.717, 1.165) is 104 Å². The van der Waals surface area contributed by atoms with Gasteiger partial charge >= 0.3 is 0 Å². The Bertz CT molecular complexity index is 1740. The molecule has 1 aromatic carbocycles. The first-order valence-corrected chi connectivity index (χ1v) is 21.6. The van der Waals surface area contributed by atoms with Gasteiger partial charge in [0.15, 0.2) is 0 Å². The summed E-state index contributed by atoms with van der Waals surface area (Å²) in [6.45, 7) is 10.2. The molecule has 5 aliphatic rings. The summed E-state index contributed by atoms with van der Waals surface area (Å²) < 4.78 is 26.9. The standard InChI is InChI=1S/C46H63N3O8/c1-4-22-49(45(52)32-18-19-32)41-29-39(48-57-42-17-8-11-26-53-42)37-27-33(14-6-9-23-50)36(16-7-10-24-51)43-38-28-35(54-30-34-15-12-13-31(3)47-34)20-21-40(38)56-46(41,44(37)43)55-25-5-2/h5,12-13,15,20-21,27-28,32-33,36,41-44,50-51H,2,4,6-11,14,16-19,22-26,29-30H2,1,3H3/t33-,36+,41-,42?,43+,44+,46+/m0/s1. The molecule has 1 amide bonds. The Balaban J connectivity index is 1.40. The number of pyridine rings is 1. The molecule has 1 saturated heterocycles. The lowest BCUT2D eigenvalue weighted by Crippen LogP contribution is -2.70. The van der Waals surface area contributed by atoms with E-state index in [1.54, 1.807) is 6.08 Å². The van der Waals surface area contributed by atoms with Gasteiger partial charge in [-0.2, -0.15) is 0 Å². The number of aliphatic hydroxyl groups excluding tert-OH is 2. The largest absolute Gasteiger partial charge is 0.487 e. The van der Waals surface area contributed by atoms with Gasteiger partial charge in [0.05, 0.1) is 30.5 Å². The molecule has 3 fully saturated rings. The smallest absolute Gasteiger partial charge is 0.239 e. The maximum absolute atomic E-state index is 14.4. The number of rotatable bonds is 20. The van der Waals surface area contributed by atoms with E-state index in [9.17, 15) is 15.0 Å². The monoisotopic (exact) mass is 785 g/mol. The average molecular weight is 786 g/mol. The van der Waals surface area contributed by atoms with Crippen molar-refractivity contribution in [2.45, 2.75) is 128 Å². The first kappa shape index (κ1) is 41.4. The molecule has 57 heavy (non-hydrogen) atoms. The number of benzene rings is 1. The van der Waals surface area contributed by atoms with E-state index in [1.807, 2.05) is 42.2 Å². The normalized spacial score (nSPS) is 28.4. The Morgan fingerprint density at radius 2 is 1.91 bits per heavy atom. The molecule has 11 nitrogen and oxygen atoms in total. The fraction of sp³-hybridized carbons (Fsp3) is 0.630. The minimum Gasteiger partial charge on any atom is -0.487 e. The lowest BCUT2D eigenvalue weighted by Gasteiger charge is -2.60. The van der Waals surface area contributed by atoms with Crippen molar-refractivity contribution in [3.8, 4) is 11.5 Å². The maximum Gasteiger partial charge on any atom is 0.239 e. The van der Waals surface area contributed by atoms with E-state index in [4.69, 9.17) is 28.9 Å². The Labute approximate surface area is 338 Å². The lowest BCUT2D eigenvalue weighted by molar-refractivity contribution is -0.258. The third kappa shape index (κ3) is 9.27.